The van der Waals surface area contributed by atoms with Crippen molar-refractivity contribution in [1.82, 2.24) is 0 Å². The first-order chi connectivity index (χ1) is 8.36. The first-order valence-corrected chi connectivity index (χ1v) is 5.60. The zero-order valence-electron chi connectivity index (χ0n) is 10.3. The van der Waals surface area contributed by atoms with E-state index in [2.05, 4.69) is 0 Å². The molecule has 0 atom stereocenters. The largest absolute Gasteiger partial charge is 2.00 e. The van der Waals surface area contributed by atoms with E-state index in [0.29, 0.717) is 0 Å². The van der Waals surface area contributed by atoms with Crippen LogP contribution in [0.1, 0.15) is 0 Å². The second kappa shape index (κ2) is 6.94. The summed E-state index contributed by atoms with van der Waals surface area (Å²) in [5, 5.41) is 14.1. The Hall–Kier alpha value is -1.03. The standard InChI is InChI=1S/C16H12O.BrH.Mg/c17-16-14-9-5-4-8-13(14)10-11-15(16)12-6-2-1-3-7-12;;/h1-11,17H;1H;/q;;+2/p-2. The van der Waals surface area contributed by atoms with Crippen LogP contribution >= 0.6 is 0 Å². The summed E-state index contributed by atoms with van der Waals surface area (Å²) in [7, 11) is 0. The molecule has 90 valence electrons. The van der Waals surface area contributed by atoms with E-state index < -0.39 is 0 Å². The van der Waals surface area contributed by atoms with Crippen molar-refractivity contribution < 1.29 is 22.1 Å². The van der Waals surface area contributed by atoms with E-state index in [4.69, 9.17) is 0 Å². The van der Waals surface area contributed by atoms with Crippen molar-refractivity contribution in [3.05, 3.63) is 66.7 Å². The van der Waals surface area contributed by atoms with Gasteiger partial charge in [0.1, 0.15) is 0 Å². The van der Waals surface area contributed by atoms with Crippen molar-refractivity contribution in [2.24, 2.45) is 0 Å². The van der Waals surface area contributed by atoms with Crippen molar-refractivity contribution in [2.45, 2.75) is 0 Å². The maximum Gasteiger partial charge on any atom is 2.00 e. The monoisotopic (exact) mass is 322 g/mol. The molecule has 0 radical (unpaired) electrons. The van der Waals surface area contributed by atoms with Gasteiger partial charge >= 0.3 is 23.1 Å². The van der Waals surface area contributed by atoms with Crippen LogP contribution in [0.4, 0.5) is 0 Å². The quantitative estimate of drug-likeness (QED) is 0.587. The van der Waals surface area contributed by atoms with Gasteiger partial charge in [0.25, 0.3) is 0 Å². The summed E-state index contributed by atoms with van der Waals surface area (Å²) in [6.45, 7) is 0. The molecule has 1 nitrogen and oxygen atoms in total. The van der Waals surface area contributed by atoms with Crippen molar-refractivity contribution >= 4 is 33.8 Å². The van der Waals surface area contributed by atoms with E-state index in [1.807, 2.05) is 66.7 Å². The van der Waals surface area contributed by atoms with E-state index in [0.717, 1.165) is 21.9 Å². The molecule has 0 aromatic heterocycles. The van der Waals surface area contributed by atoms with Crippen LogP contribution in [0.25, 0.3) is 21.9 Å². The molecule has 3 aromatic carbocycles. The molecule has 0 aliphatic carbocycles. The minimum Gasteiger partial charge on any atom is -1.00 e. The van der Waals surface area contributed by atoms with Gasteiger partial charge in [-0.3, -0.25) is 0 Å². The summed E-state index contributed by atoms with van der Waals surface area (Å²) in [5.41, 5.74) is 1.74. The summed E-state index contributed by atoms with van der Waals surface area (Å²) in [6.07, 6.45) is 0. The Morgan fingerprint density at radius 1 is 0.684 bits per heavy atom. The van der Waals surface area contributed by atoms with Crippen LogP contribution in [-0.2, 0) is 0 Å². The first kappa shape index (κ1) is 16.0. The van der Waals surface area contributed by atoms with Crippen LogP contribution in [0, 0.1) is 0 Å². The number of benzene rings is 3. The summed E-state index contributed by atoms with van der Waals surface area (Å²) < 4.78 is 0. The topological polar surface area (TPSA) is 23.1 Å². The summed E-state index contributed by atoms with van der Waals surface area (Å²) >= 11 is 0. The third-order valence-corrected chi connectivity index (χ3v) is 2.96. The second-order valence-corrected chi connectivity index (χ2v) is 4.03. The van der Waals surface area contributed by atoms with E-state index in [-0.39, 0.29) is 45.8 Å². The van der Waals surface area contributed by atoms with E-state index >= 15 is 0 Å². The van der Waals surface area contributed by atoms with Gasteiger partial charge in [-0.2, -0.15) is 0 Å². The molecule has 0 saturated heterocycles. The number of rotatable bonds is 1. The molecule has 0 aliphatic rings. The molecule has 0 bridgehead atoms. The molecule has 0 spiro atoms. The smallest absolute Gasteiger partial charge is 1.00 e. The van der Waals surface area contributed by atoms with Gasteiger partial charge < -0.3 is 22.1 Å². The predicted molar refractivity (Wildman–Crippen MR) is 74.6 cm³/mol. The Morgan fingerprint density at radius 3 is 2.05 bits per heavy atom. The molecule has 0 amide bonds. The van der Waals surface area contributed by atoms with Gasteiger partial charge in [-0.1, -0.05) is 72.5 Å². The molecule has 0 fully saturated rings. The van der Waals surface area contributed by atoms with Gasteiger partial charge in [0, 0.05) is 0 Å². The van der Waals surface area contributed by atoms with Crippen molar-refractivity contribution in [1.29, 1.82) is 0 Å². The molecular formula is C16H11BrMgO. The van der Waals surface area contributed by atoms with Crippen LogP contribution in [0.5, 0.6) is 5.75 Å². The Balaban J connectivity index is 0.000000902. The molecule has 3 heteroatoms. The van der Waals surface area contributed by atoms with Crippen molar-refractivity contribution in [3.8, 4) is 16.9 Å². The van der Waals surface area contributed by atoms with Crippen LogP contribution in [0.2, 0.25) is 0 Å². The van der Waals surface area contributed by atoms with Crippen LogP contribution in [-0.4, -0.2) is 23.1 Å². The summed E-state index contributed by atoms with van der Waals surface area (Å²) in [5.74, 6) is 0.106. The van der Waals surface area contributed by atoms with Crippen molar-refractivity contribution in [3.63, 3.8) is 0 Å². The molecule has 0 N–H and O–H groups in total. The van der Waals surface area contributed by atoms with Gasteiger partial charge in [0.15, 0.2) is 0 Å². The SMILES string of the molecule is [Br-].[Mg+2].[O-]c1c(-c2ccccc2)ccc2ccccc12. The van der Waals surface area contributed by atoms with Gasteiger partial charge in [0.05, 0.1) is 0 Å². The van der Waals surface area contributed by atoms with Gasteiger partial charge in [0.2, 0.25) is 0 Å². The molecule has 0 unspecified atom stereocenters. The third-order valence-electron chi connectivity index (χ3n) is 2.96. The number of hydrogen-bond donors (Lipinski definition) is 0. The molecule has 3 rings (SSSR count). The van der Waals surface area contributed by atoms with Crippen LogP contribution in [0.15, 0.2) is 66.7 Å². The second-order valence-electron chi connectivity index (χ2n) is 4.03. The number of hydrogen-bond acceptors (Lipinski definition) is 1. The molecule has 19 heavy (non-hydrogen) atoms. The predicted octanol–water partition coefficient (Wildman–Crippen LogP) is 0.204. The Kier molecular flexibility index (Phi) is 5.85. The maximum absolute atomic E-state index is 12.3. The zero-order valence-corrected chi connectivity index (χ0v) is 13.3. The van der Waals surface area contributed by atoms with E-state index in [1.165, 1.54) is 0 Å². The zero-order chi connectivity index (χ0) is 11.7. The van der Waals surface area contributed by atoms with Crippen molar-refractivity contribution in [2.75, 3.05) is 0 Å². The minimum atomic E-state index is 0. The average molecular weight is 323 g/mol. The summed E-state index contributed by atoms with van der Waals surface area (Å²) in [4.78, 5) is 0. The average Bonchev–Trinajstić information content (AvgIpc) is 2.40. The molecule has 0 aliphatic heterocycles. The van der Waals surface area contributed by atoms with Crippen LogP contribution in [0.3, 0.4) is 0 Å². The van der Waals surface area contributed by atoms with Gasteiger partial charge in [-0.25, -0.2) is 0 Å². The van der Waals surface area contributed by atoms with Gasteiger partial charge in [-0.05, 0) is 21.9 Å². The molecule has 0 heterocycles. The van der Waals surface area contributed by atoms with E-state index in [1.54, 1.807) is 0 Å². The molecule has 3 aromatic rings. The first-order valence-electron chi connectivity index (χ1n) is 5.60. The fraction of sp³-hybridized carbons (Fsp3) is 0. The van der Waals surface area contributed by atoms with Crippen LogP contribution < -0.4 is 22.1 Å². The number of fused-ring (bicyclic) bond motifs is 1. The molecular weight excluding hydrogens is 312 g/mol. The Labute approximate surface area is 139 Å². The Morgan fingerprint density at radius 2 is 1.32 bits per heavy atom. The third kappa shape index (κ3) is 3.11. The Bertz CT molecular complexity index is 668. The summed E-state index contributed by atoms with van der Waals surface area (Å²) in [6, 6.07) is 21.4. The minimum absolute atomic E-state index is 0. The number of halogens is 1. The normalized spacial score (nSPS) is 9.47. The fourth-order valence-electron chi connectivity index (χ4n) is 2.09. The maximum atomic E-state index is 12.3. The van der Waals surface area contributed by atoms with Gasteiger partial charge in [-0.15, -0.1) is 0 Å². The fourth-order valence-corrected chi connectivity index (χ4v) is 2.09. The molecule has 0 saturated carbocycles. The van der Waals surface area contributed by atoms with E-state index in [9.17, 15) is 5.11 Å².